The van der Waals surface area contributed by atoms with E-state index in [-0.39, 0.29) is 5.91 Å². The van der Waals surface area contributed by atoms with Gasteiger partial charge >= 0.3 is 0 Å². The molecule has 3 aromatic carbocycles. The number of carbonyl (C=O) groups is 1. The monoisotopic (exact) mass is 544 g/mol. The number of thiazole rings is 1. The van der Waals surface area contributed by atoms with E-state index in [0.29, 0.717) is 24.5 Å². The molecule has 0 atom stereocenters. The third-order valence-electron chi connectivity index (χ3n) is 7.12. The van der Waals surface area contributed by atoms with Gasteiger partial charge in [0.05, 0.1) is 26.5 Å². The van der Waals surface area contributed by atoms with Gasteiger partial charge in [-0.25, -0.2) is 13.4 Å². The van der Waals surface area contributed by atoms with E-state index in [4.69, 9.17) is 4.98 Å². The minimum absolute atomic E-state index is 0.0758. The summed E-state index contributed by atoms with van der Waals surface area (Å²) in [7, 11) is -3.30. The zero-order valence-corrected chi connectivity index (χ0v) is 22.9. The van der Waals surface area contributed by atoms with Gasteiger partial charge in [0.15, 0.2) is 14.8 Å². The standard InChI is InChI=1S/C29H28N4O3S2/c1-20-8-10-22(11-9-20)28(34)32-16-14-31(15-17-32)19-25-27(21-6-4-3-5-7-21)30-29-33(25)24-13-12-23(38(2,35)36)18-26(24)37-29/h3-13,18H,14-17,19H2,1-2H3. The Morgan fingerprint density at radius 2 is 1.66 bits per heavy atom. The van der Waals surface area contributed by atoms with Crippen molar-refractivity contribution in [1.82, 2.24) is 19.2 Å². The molecular formula is C29H28N4O3S2. The predicted octanol–water partition coefficient (Wildman–Crippen LogP) is 4.89. The van der Waals surface area contributed by atoms with Crippen molar-refractivity contribution in [1.29, 1.82) is 0 Å². The minimum Gasteiger partial charge on any atom is -0.336 e. The number of aryl methyl sites for hydroxylation is 1. The highest BCUT2D eigenvalue weighted by molar-refractivity contribution is 7.90. The van der Waals surface area contributed by atoms with Crippen molar-refractivity contribution >= 4 is 42.3 Å². The van der Waals surface area contributed by atoms with Crippen molar-refractivity contribution in [3.63, 3.8) is 0 Å². The van der Waals surface area contributed by atoms with Gasteiger partial charge in [-0.1, -0.05) is 59.4 Å². The highest BCUT2D eigenvalue weighted by Gasteiger charge is 2.26. The topological polar surface area (TPSA) is 75.0 Å². The molecule has 0 unspecified atom stereocenters. The molecule has 3 heterocycles. The molecule has 0 N–H and O–H groups in total. The molecule has 0 saturated carbocycles. The van der Waals surface area contributed by atoms with Gasteiger partial charge in [-0.2, -0.15) is 0 Å². The highest BCUT2D eigenvalue weighted by atomic mass is 32.2. The van der Waals surface area contributed by atoms with Gasteiger partial charge in [0, 0.05) is 50.1 Å². The normalized spacial score (nSPS) is 14.9. The Balaban J connectivity index is 1.32. The number of hydrogen-bond donors (Lipinski definition) is 0. The number of aromatic nitrogens is 2. The number of imidazole rings is 1. The largest absolute Gasteiger partial charge is 0.336 e. The second-order valence-corrected chi connectivity index (χ2v) is 12.9. The first-order chi connectivity index (χ1) is 18.3. The maximum Gasteiger partial charge on any atom is 0.253 e. The number of hydrogen-bond acceptors (Lipinski definition) is 6. The molecule has 0 aliphatic carbocycles. The fourth-order valence-corrected chi connectivity index (χ4v) is 6.82. The lowest BCUT2D eigenvalue weighted by atomic mass is 10.1. The summed E-state index contributed by atoms with van der Waals surface area (Å²) >= 11 is 1.50. The number of amides is 1. The van der Waals surface area contributed by atoms with E-state index in [1.54, 1.807) is 12.1 Å². The molecule has 1 aliphatic rings. The van der Waals surface area contributed by atoms with Crippen molar-refractivity contribution < 1.29 is 13.2 Å². The van der Waals surface area contributed by atoms with Crippen molar-refractivity contribution in [3.05, 3.63) is 89.6 Å². The molecule has 5 aromatic rings. The van der Waals surface area contributed by atoms with Crippen LogP contribution < -0.4 is 0 Å². The Morgan fingerprint density at radius 1 is 0.947 bits per heavy atom. The van der Waals surface area contributed by atoms with Crippen LogP contribution in [0.3, 0.4) is 0 Å². The van der Waals surface area contributed by atoms with Gasteiger partial charge in [0.2, 0.25) is 0 Å². The Morgan fingerprint density at radius 3 is 2.34 bits per heavy atom. The lowest BCUT2D eigenvalue weighted by molar-refractivity contribution is 0.0627. The number of piperazine rings is 1. The molecule has 0 bridgehead atoms. The zero-order valence-electron chi connectivity index (χ0n) is 21.3. The Kier molecular flexibility index (Phi) is 6.29. The van der Waals surface area contributed by atoms with Crippen molar-refractivity contribution in [2.24, 2.45) is 0 Å². The first kappa shape index (κ1) is 24.8. The Labute approximate surface area is 225 Å². The summed E-state index contributed by atoms with van der Waals surface area (Å²) in [5.41, 5.74) is 5.88. The number of rotatable bonds is 5. The number of sulfone groups is 1. The average molecular weight is 545 g/mol. The number of nitrogens with zero attached hydrogens (tertiary/aromatic N) is 4. The quantitative estimate of drug-likeness (QED) is 0.315. The zero-order chi connectivity index (χ0) is 26.4. The molecule has 6 rings (SSSR count). The molecule has 194 valence electrons. The fraction of sp³-hybridized carbons (Fsp3) is 0.241. The Bertz CT molecular complexity index is 1750. The van der Waals surface area contributed by atoms with E-state index in [1.807, 2.05) is 60.4 Å². The molecule has 7 nitrogen and oxygen atoms in total. The fourth-order valence-electron chi connectivity index (χ4n) is 5.01. The number of benzene rings is 3. The van der Waals surface area contributed by atoms with Crippen LogP contribution in [0.1, 0.15) is 21.6 Å². The summed E-state index contributed by atoms with van der Waals surface area (Å²) in [5, 5.41) is 0. The van der Waals surface area contributed by atoms with Gasteiger partial charge in [0.25, 0.3) is 5.91 Å². The van der Waals surface area contributed by atoms with E-state index in [2.05, 4.69) is 21.4 Å². The van der Waals surface area contributed by atoms with E-state index in [1.165, 1.54) is 17.6 Å². The van der Waals surface area contributed by atoms with Crippen LogP contribution in [0.25, 0.3) is 26.4 Å². The van der Waals surface area contributed by atoms with Crippen LogP contribution in [0.4, 0.5) is 0 Å². The maximum atomic E-state index is 13.0. The van der Waals surface area contributed by atoms with Crippen LogP contribution in [-0.4, -0.2) is 65.9 Å². The van der Waals surface area contributed by atoms with Crippen LogP contribution in [0.15, 0.2) is 77.7 Å². The lowest BCUT2D eigenvalue weighted by Crippen LogP contribution is -2.48. The summed E-state index contributed by atoms with van der Waals surface area (Å²) in [6.07, 6.45) is 1.23. The number of carbonyl (C=O) groups excluding carboxylic acids is 1. The van der Waals surface area contributed by atoms with Crippen LogP contribution in [0.5, 0.6) is 0 Å². The predicted molar refractivity (Wildman–Crippen MR) is 151 cm³/mol. The summed E-state index contributed by atoms with van der Waals surface area (Å²) in [6, 6.07) is 23.2. The Hall–Kier alpha value is -3.53. The third kappa shape index (κ3) is 4.62. The highest BCUT2D eigenvalue weighted by Crippen LogP contribution is 2.35. The smallest absolute Gasteiger partial charge is 0.253 e. The summed E-state index contributed by atoms with van der Waals surface area (Å²) in [6.45, 7) is 5.55. The van der Waals surface area contributed by atoms with Crippen LogP contribution in [0.2, 0.25) is 0 Å². The molecule has 0 radical (unpaired) electrons. The first-order valence-electron chi connectivity index (χ1n) is 12.6. The SMILES string of the molecule is Cc1ccc(C(=O)N2CCN(Cc3c(-c4ccccc4)nc4sc5cc(S(C)(=O)=O)ccc5n34)CC2)cc1. The summed E-state index contributed by atoms with van der Waals surface area (Å²) in [4.78, 5) is 23.5. The van der Waals surface area contributed by atoms with Crippen LogP contribution in [0, 0.1) is 6.92 Å². The van der Waals surface area contributed by atoms with E-state index < -0.39 is 9.84 Å². The van der Waals surface area contributed by atoms with Gasteiger partial charge in [-0.05, 0) is 37.3 Å². The molecule has 1 amide bonds. The molecule has 0 spiro atoms. The molecule has 1 saturated heterocycles. The van der Waals surface area contributed by atoms with Crippen molar-refractivity contribution in [2.45, 2.75) is 18.4 Å². The molecule has 1 fully saturated rings. The van der Waals surface area contributed by atoms with Gasteiger partial charge in [-0.3, -0.25) is 14.1 Å². The molecule has 1 aliphatic heterocycles. The van der Waals surface area contributed by atoms with E-state index in [0.717, 1.165) is 56.3 Å². The number of fused-ring (bicyclic) bond motifs is 3. The summed E-state index contributed by atoms with van der Waals surface area (Å²) in [5.74, 6) is 0.0758. The van der Waals surface area contributed by atoms with Crippen LogP contribution >= 0.6 is 11.3 Å². The van der Waals surface area contributed by atoms with Gasteiger partial charge < -0.3 is 4.90 Å². The van der Waals surface area contributed by atoms with E-state index in [9.17, 15) is 13.2 Å². The summed E-state index contributed by atoms with van der Waals surface area (Å²) < 4.78 is 27.3. The lowest BCUT2D eigenvalue weighted by Gasteiger charge is -2.34. The molecular weight excluding hydrogens is 516 g/mol. The maximum absolute atomic E-state index is 13.0. The van der Waals surface area contributed by atoms with Gasteiger partial charge in [0.1, 0.15) is 0 Å². The van der Waals surface area contributed by atoms with E-state index >= 15 is 0 Å². The van der Waals surface area contributed by atoms with Crippen LogP contribution in [-0.2, 0) is 16.4 Å². The first-order valence-corrected chi connectivity index (χ1v) is 15.3. The third-order valence-corrected chi connectivity index (χ3v) is 9.24. The van der Waals surface area contributed by atoms with Crippen molar-refractivity contribution in [3.8, 4) is 11.3 Å². The second kappa shape index (κ2) is 9.65. The molecule has 2 aromatic heterocycles. The van der Waals surface area contributed by atoms with Crippen molar-refractivity contribution in [2.75, 3.05) is 32.4 Å². The second-order valence-electron chi connectivity index (χ2n) is 9.83. The van der Waals surface area contributed by atoms with Gasteiger partial charge in [-0.15, -0.1) is 0 Å². The average Bonchev–Trinajstić information content (AvgIpc) is 3.45. The minimum atomic E-state index is -3.30. The molecule has 38 heavy (non-hydrogen) atoms. The molecule has 9 heteroatoms.